The van der Waals surface area contributed by atoms with Crippen molar-refractivity contribution < 1.29 is 36.9 Å². The van der Waals surface area contributed by atoms with Crippen LogP contribution in [0.25, 0.3) is 77.1 Å². The SMILES string of the molecule is [2H]C([2H])([2H])c1c[c-]c(-c2ccc(C(C)(C)C)cn2)cc1.[2H]C([2H])([2H])c1cnc(-c2[c-]ccc3c2oc2cc4c(ccc5ccccc54)cc23)cc1-c1ccc([Si](C)(C)C)cc1C([2H])([2H])[2H].[Ir]. The van der Waals surface area contributed by atoms with Crippen molar-refractivity contribution in [2.24, 2.45) is 0 Å². The van der Waals surface area contributed by atoms with Crippen LogP contribution in [0.1, 0.15) is 55.4 Å². The maximum atomic E-state index is 8.36. The molecule has 0 aliphatic heterocycles. The first-order valence-electron chi connectivity index (χ1n) is 23.2. The normalized spacial score (nSPS) is 14.8. The third kappa shape index (κ3) is 8.02. The molecule has 9 rings (SSSR count). The number of fused-ring (bicyclic) bond motifs is 6. The van der Waals surface area contributed by atoms with Crippen molar-refractivity contribution in [1.29, 1.82) is 0 Å². The Hall–Kier alpha value is -5.19. The van der Waals surface area contributed by atoms with Crippen LogP contribution in [0.2, 0.25) is 19.6 Å². The molecule has 0 spiro atoms. The van der Waals surface area contributed by atoms with Crippen molar-refractivity contribution in [3.8, 4) is 33.6 Å². The third-order valence-electron chi connectivity index (χ3n) is 10.4. The molecule has 0 N–H and O–H groups in total. The first kappa shape index (κ1) is 30.0. The van der Waals surface area contributed by atoms with Crippen molar-refractivity contribution in [2.75, 3.05) is 0 Å². The first-order valence-corrected chi connectivity index (χ1v) is 22.2. The Labute approximate surface area is 364 Å². The summed E-state index contributed by atoms with van der Waals surface area (Å²) in [6.45, 7) is 5.83. The van der Waals surface area contributed by atoms with Crippen LogP contribution in [-0.4, -0.2) is 18.0 Å². The Morgan fingerprint density at radius 1 is 0.649 bits per heavy atom. The predicted octanol–water partition coefficient (Wildman–Crippen LogP) is 13.7. The zero-order valence-electron chi connectivity index (χ0n) is 41.8. The molecule has 9 aromatic rings. The van der Waals surface area contributed by atoms with Crippen LogP contribution in [-0.2, 0) is 25.5 Å². The Bertz CT molecular complexity index is 3180. The standard InChI is InChI=1S/C36H30NOSi.C16H18N.Ir/c1-22-17-26(39(3,4)5)15-16-27(22)31-19-34(37-21-23(31)2)30-12-8-11-29-33-18-25-14-13-24-9-6-7-10-28(24)32(25)20-35(33)38-36(29)30;1-12-5-7-13(8-6-12)15-10-9-14(11-17-15)16(2,3)4;/h6-11,13-21H,1-5H3;5-7,9-11H,1-4H3;/q2*-1;/i1D3,2D3;1D3;. The number of pyridine rings is 2. The second-order valence-electron chi connectivity index (χ2n) is 16.4. The van der Waals surface area contributed by atoms with E-state index in [1.807, 2.05) is 48.7 Å². The molecule has 3 heterocycles. The van der Waals surface area contributed by atoms with Crippen molar-refractivity contribution in [3.63, 3.8) is 0 Å². The summed E-state index contributed by atoms with van der Waals surface area (Å²) in [6, 6.07) is 42.7. The van der Waals surface area contributed by atoms with E-state index >= 15 is 0 Å². The quantitative estimate of drug-likeness (QED) is 0.100. The predicted molar refractivity (Wildman–Crippen MR) is 241 cm³/mol. The minimum atomic E-state index is -2.51. The van der Waals surface area contributed by atoms with Gasteiger partial charge in [0.2, 0.25) is 0 Å². The zero-order valence-corrected chi connectivity index (χ0v) is 36.2. The van der Waals surface area contributed by atoms with Crippen LogP contribution < -0.4 is 5.19 Å². The van der Waals surface area contributed by atoms with Crippen molar-refractivity contribution in [1.82, 2.24) is 9.97 Å². The first-order chi connectivity index (χ1) is 30.4. The fourth-order valence-corrected chi connectivity index (χ4v) is 8.23. The van der Waals surface area contributed by atoms with Gasteiger partial charge in [-0.1, -0.05) is 136 Å². The van der Waals surface area contributed by atoms with Crippen LogP contribution in [0.3, 0.4) is 0 Å². The molecule has 0 saturated carbocycles. The maximum absolute atomic E-state index is 8.36. The number of nitrogens with zero attached hydrogens (tertiary/aromatic N) is 2. The monoisotopic (exact) mass is 946 g/mol. The van der Waals surface area contributed by atoms with E-state index in [0.29, 0.717) is 33.5 Å². The van der Waals surface area contributed by atoms with Crippen LogP contribution in [0.4, 0.5) is 0 Å². The van der Waals surface area contributed by atoms with Gasteiger partial charge >= 0.3 is 0 Å². The Kier molecular flexibility index (Phi) is 8.21. The van der Waals surface area contributed by atoms with E-state index < -0.39 is 28.6 Å². The molecule has 0 fully saturated rings. The van der Waals surface area contributed by atoms with Gasteiger partial charge < -0.3 is 14.4 Å². The van der Waals surface area contributed by atoms with Crippen LogP contribution in [0.15, 0.2) is 132 Å². The zero-order chi connectivity index (χ0) is 46.9. The molecule has 6 aromatic carbocycles. The number of rotatable bonds is 4. The largest absolute Gasteiger partial charge is 0.501 e. The summed E-state index contributed by atoms with van der Waals surface area (Å²) >= 11 is 0. The fraction of sp³-hybridized carbons (Fsp3) is 0.192. The van der Waals surface area contributed by atoms with E-state index in [4.69, 9.17) is 16.8 Å². The van der Waals surface area contributed by atoms with E-state index in [0.717, 1.165) is 54.3 Å². The van der Waals surface area contributed by atoms with Crippen molar-refractivity contribution >= 4 is 56.7 Å². The summed E-state index contributed by atoms with van der Waals surface area (Å²) in [5.74, 6) is 0. The fourth-order valence-electron chi connectivity index (χ4n) is 7.07. The van der Waals surface area contributed by atoms with E-state index in [1.54, 1.807) is 30.3 Å². The molecule has 0 amide bonds. The number of benzene rings is 6. The van der Waals surface area contributed by atoms with Gasteiger partial charge in [0.25, 0.3) is 0 Å². The van der Waals surface area contributed by atoms with Gasteiger partial charge in [-0.25, -0.2) is 0 Å². The van der Waals surface area contributed by atoms with E-state index in [2.05, 4.69) is 98.9 Å². The smallest absolute Gasteiger partial charge is 0.121 e. The van der Waals surface area contributed by atoms with Crippen molar-refractivity contribution in [3.05, 3.63) is 162 Å². The second-order valence-corrected chi connectivity index (χ2v) is 21.4. The number of furan rings is 1. The van der Waals surface area contributed by atoms with Gasteiger partial charge in [0, 0.05) is 50.2 Å². The summed E-state index contributed by atoms with van der Waals surface area (Å²) in [5, 5.41) is 7.30. The molecule has 0 bridgehead atoms. The van der Waals surface area contributed by atoms with Crippen LogP contribution >= 0.6 is 0 Å². The van der Waals surface area contributed by atoms with Gasteiger partial charge in [-0.05, 0) is 92.0 Å². The van der Waals surface area contributed by atoms with Gasteiger partial charge in [-0.2, -0.15) is 0 Å². The molecule has 0 atom stereocenters. The third-order valence-corrected chi connectivity index (χ3v) is 12.4. The average Bonchev–Trinajstić information content (AvgIpc) is 3.61. The number of hydrogen-bond donors (Lipinski definition) is 0. The molecule has 57 heavy (non-hydrogen) atoms. The number of aryl methyl sites for hydroxylation is 3. The molecule has 0 saturated heterocycles. The van der Waals surface area contributed by atoms with E-state index in [1.165, 1.54) is 17.8 Å². The summed E-state index contributed by atoms with van der Waals surface area (Å²) < 4.78 is 78.4. The molecule has 5 heteroatoms. The second kappa shape index (κ2) is 15.6. The summed E-state index contributed by atoms with van der Waals surface area (Å²) in [7, 11) is -1.85. The van der Waals surface area contributed by atoms with E-state index in [-0.39, 0.29) is 36.6 Å². The Morgan fingerprint density at radius 2 is 1.46 bits per heavy atom. The van der Waals surface area contributed by atoms with Gasteiger partial charge in [-0.15, -0.1) is 53.6 Å². The van der Waals surface area contributed by atoms with Crippen molar-refractivity contribution in [2.45, 2.75) is 66.4 Å². The molecule has 3 aromatic heterocycles. The molecular formula is C52H48IrN2OSi-2. The molecular weight excluding hydrogens is 889 g/mol. The van der Waals surface area contributed by atoms with Gasteiger partial charge in [-0.3, -0.25) is 0 Å². The minimum Gasteiger partial charge on any atom is -0.501 e. The molecule has 287 valence electrons. The Balaban J connectivity index is 0.000000260. The molecule has 0 unspecified atom stereocenters. The number of aromatic nitrogens is 2. The molecule has 3 nitrogen and oxygen atoms in total. The summed E-state index contributed by atoms with van der Waals surface area (Å²) in [5.41, 5.74) is 6.27. The maximum Gasteiger partial charge on any atom is 0.121 e. The van der Waals surface area contributed by atoms with Gasteiger partial charge in [0.15, 0.2) is 0 Å². The Morgan fingerprint density at radius 3 is 2.18 bits per heavy atom. The number of hydrogen-bond acceptors (Lipinski definition) is 3. The summed E-state index contributed by atoms with van der Waals surface area (Å²) in [4.78, 5) is 9.02. The van der Waals surface area contributed by atoms with E-state index in [9.17, 15) is 0 Å². The molecule has 0 aliphatic rings. The van der Waals surface area contributed by atoms with Crippen LogP contribution in [0.5, 0.6) is 0 Å². The average molecular weight is 946 g/mol. The molecule has 1 radical (unpaired) electrons. The minimum absolute atomic E-state index is 0. The summed E-state index contributed by atoms with van der Waals surface area (Å²) in [6.07, 6.45) is 3.20. The topological polar surface area (TPSA) is 38.9 Å². The van der Waals surface area contributed by atoms with Crippen LogP contribution in [0, 0.1) is 32.7 Å². The molecule has 0 aliphatic carbocycles. The van der Waals surface area contributed by atoms with Gasteiger partial charge in [0.1, 0.15) is 5.58 Å². The van der Waals surface area contributed by atoms with Gasteiger partial charge in [0.05, 0.1) is 13.7 Å².